The van der Waals surface area contributed by atoms with Crippen molar-refractivity contribution in [2.45, 2.75) is 38.5 Å². The van der Waals surface area contributed by atoms with Gasteiger partial charge in [0.2, 0.25) is 0 Å². The van der Waals surface area contributed by atoms with E-state index in [0.29, 0.717) is 12.3 Å². The van der Waals surface area contributed by atoms with Crippen molar-refractivity contribution >= 4 is 5.78 Å². The van der Waals surface area contributed by atoms with E-state index in [9.17, 15) is 4.79 Å². The van der Waals surface area contributed by atoms with Gasteiger partial charge in [-0.25, -0.2) is 0 Å². The predicted molar refractivity (Wildman–Crippen MR) is 50.9 cm³/mol. The maximum absolute atomic E-state index is 11.4. The fraction of sp³-hybridized carbons (Fsp3) is 0.727. The van der Waals surface area contributed by atoms with Gasteiger partial charge in [-0.2, -0.15) is 10.5 Å². The third-order valence-corrected chi connectivity index (χ3v) is 2.79. The van der Waals surface area contributed by atoms with Gasteiger partial charge >= 0.3 is 0 Å². The van der Waals surface area contributed by atoms with E-state index in [1.54, 1.807) is 12.1 Å². The lowest BCUT2D eigenvalue weighted by Crippen LogP contribution is -2.17. The van der Waals surface area contributed by atoms with Crippen LogP contribution in [-0.4, -0.2) is 5.78 Å². The van der Waals surface area contributed by atoms with E-state index in [4.69, 9.17) is 10.5 Å². The number of Topliss-reactive ketones (excluding diaryl/α,β-unsaturated/α-hetero) is 1. The summed E-state index contributed by atoms with van der Waals surface area (Å²) in [5.74, 6) is -0.820. The van der Waals surface area contributed by atoms with Crippen LogP contribution in [0.4, 0.5) is 0 Å². The van der Waals surface area contributed by atoms with Gasteiger partial charge in [0.15, 0.2) is 11.7 Å². The number of nitrogens with zero attached hydrogens (tertiary/aromatic N) is 2. The second kappa shape index (κ2) is 5.40. The molecule has 1 fully saturated rings. The van der Waals surface area contributed by atoms with Gasteiger partial charge in [0, 0.05) is 6.42 Å². The zero-order valence-corrected chi connectivity index (χ0v) is 8.20. The van der Waals surface area contributed by atoms with Crippen LogP contribution in [0.3, 0.4) is 0 Å². The van der Waals surface area contributed by atoms with Crippen molar-refractivity contribution < 1.29 is 4.79 Å². The van der Waals surface area contributed by atoms with Crippen LogP contribution in [-0.2, 0) is 4.79 Å². The minimum absolute atomic E-state index is 0.193. The Hall–Kier alpha value is -1.35. The first-order valence-electron chi connectivity index (χ1n) is 5.10. The quantitative estimate of drug-likeness (QED) is 0.685. The summed E-state index contributed by atoms with van der Waals surface area (Å²) in [4.78, 5) is 11.4. The van der Waals surface area contributed by atoms with Crippen LogP contribution in [0, 0.1) is 34.5 Å². The minimum atomic E-state index is -1.04. The zero-order valence-electron chi connectivity index (χ0n) is 8.20. The summed E-state index contributed by atoms with van der Waals surface area (Å²) in [5, 5.41) is 17.1. The fourth-order valence-corrected chi connectivity index (χ4v) is 1.97. The lowest BCUT2D eigenvalue weighted by molar-refractivity contribution is -0.121. The van der Waals surface area contributed by atoms with Crippen molar-refractivity contribution in [1.29, 1.82) is 10.5 Å². The van der Waals surface area contributed by atoms with Crippen LogP contribution in [0.2, 0.25) is 0 Å². The second-order valence-electron chi connectivity index (χ2n) is 3.87. The summed E-state index contributed by atoms with van der Waals surface area (Å²) in [6.07, 6.45) is 6.20. The molecule has 1 aliphatic rings. The number of hydrogen-bond donors (Lipinski definition) is 0. The summed E-state index contributed by atoms with van der Waals surface area (Å²) in [5.41, 5.74) is 0. The fourth-order valence-electron chi connectivity index (χ4n) is 1.97. The molecule has 1 aliphatic carbocycles. The number of carbonyl (C=O) groups is 1. The van der Waals surface area contributed by atoms with Crippen molar-refractivity contribution in [3.8, 4) is 12.1 Å². The average Bonchev–Trinajstić information content (AvgIpc) is 2.21. The van der Waals surface area contributed by atoms with Gasteiger partial charge in [-0.15, -0.1) is 0 Å². The SMILES string of the molecule is N#CC(C#N)C(=O)CC1CCCCC1. The Morgan fingerprint density at radius 2 is 1.79 bits per heavy atom. The lowest BCUT2D eigenvalue weighted by atomic mass is 9.84. The monoisotopic (exact) mass is 190 g/mol. The molecule has 14 heavy (non-hydrogen) atoms. The predicted octanol–water partition coefficient (Wildman–Crippen LogP) is 2.19. The average molecular weight is 190 g/mol. The van der Waals surface area contributed by atoms with Gasteiger partial charge in [0.1, 0.15) is 0 Å². The number of carbonyl (C=O) groups excluding carboxylic acids is 1. The molecule has 0 N–H and O–H groups in total. The van der Waals surface area contributed by atoms with E-state index in [2.05, 4.69) is 0 Å². The molecule has 0 radical (unpaired) electrons. The Labute approximate surface area is 84.3 Å². The summed E-state index contributed by atoms with van der Waals surface area (Å²) in [7, 11) is 0. The van der Waals surface area contributed by atoms with Gasteiger partial charge in [0.25, 0.3) is 0 Å². The van der Waals surface area contributed by atoms with Crippen molar-refractivity contribution in [2.24, 2.45) is 11.8 Å². The van der Waals surface area contributed by atoms with Gasteiger partial charge in [-0.1, -0.05) is 32.1 Å². The Morgan fingerprint density at radius 1 is 1.21 bits per heavy atom. The number of hydrogen-bond acceptors (Lipinski definition) is 3. The second-order valence-corrected chi connectivity index (χ2v) is 3.87. The summed E-state index contributed by atoms with van der Waals surface area (Å²) in [6.45, 7) is 0. The zero-order chi connectivity index (χ0) is 10.4. The van der Waals surface area contributed by atoms with E-state index in [-0.39, 0.29) is 5.78 Å². The molecule has 0 saturated heterocycles. The molecule has 0 aromatic rings. The smallest absolute Gasteiger partial charge is 0.191 e. The van der Waals surface area contributed by atoms with Crippen molar-refractivity contribution in [3.63, 3.8) is 0 Å². The third-order valence-electron chi connectivity index (χ3n) is 2.79. The van der Waals surface area contributed by atoms with E-state index >= 15 is 0 Å². The summed E-state index contributed by atoms with van der Waals surface area (Å²) in [6, 6.07) is 3.46. The molecule has 0 bridgehead atoms. The normalized spacial score (nSPS) is 17.4. The highest BCUT2D eigenvalue weighted by Gasteiger charge is 2.22. The Balaban J connectivity index is 2.40. The van der Waals surface area contributed by atoms with E-state index in [1.165, 1.54) is 19.3 Å². The van der Waals surface area contributed by atoms with Crippen LogP contribution >= 0.6 is 0 Å². The number of rotatable bonds is 3. The summed E-state index contributed by atoms with van der Waals surface area (Å²) < 4.78 is 0. The molecule has 0 atom stereocenters. The van der Waals surface area contributed by atoms with Gasteiger partial charge in [-0.3, -0.25) is 4.79 Å². The van der Waals surface area contributed by atoms with Crippen LogP contribution in [0.1, 0.15) is 38.5 Å². The maximum atomic E-state index is 11.4. The van der Waals surface area contributed by atoms with Crippen LogP contribution in [0.25, 0.3) is 0 Å². The molecule has 0 unspecified atom stereocenters. The highest BCUT2D eigenvalue weighted by Crippen LogP contribution is 2.27. The Kier molecular flexibility index (Phi) is 4.13. The molecule has 0 amide bonds. The van der Waals surface area contributed by atoms with Crippen LogP contribution < -0.4 is 0 Å². The summed E-state index contributed by atoms with van der Waals surface area (Å²) >= 11 is 0. The topological polar surface area (TPSA) is 64.7 Å². The Morgan fingerprint density at radius 3 is 2.29 bits per heavy atom. The molecule has 3 nitrogen and oxygen atoms in total. The molecular weight excluding hydrogens is 176 g/mol. The van der Waals surface area contributed by atoms with Gasteiger partial charge < -0.3 is 0 Å². The van der Waals surface area contributed by atoms with Crippen molar-refractivity contribution in [1.82, 2.24) is 0 Å². The molecular formula is C11H14N2O. The maximum Gasteiger partial charge on any atom is 0.191 e. The highest BCUT2D eigenvalue weighted by molar-refractivity contribution is 5.85. The minimum Gasteiger partial charge on any atom is -0.297 e. The van der Waals surface area contributed by atoms with Crippen molar-refractivity contribution in [2.75, 3.05) is 0 Å². The molecule has 0 aliphatic heterocycles. The molecule has 3 heteroatoms. The molecule has 1 saturated carbocycles. The van der Waals surface area contributed by atoms with Crippen molar-refractivity contribution in [3.05, 3.63) is 0 Å². The first kappa shape index (κ1) is 10.7. The Bertz CT molecular complexity index is 265. The molecule has 0 heterocycles. The van der Waals surface area contributed by atoms with Crippen LogP contribution in [0.5, 0.6) is 0 Å². The molecule has 0 spiro atoms. The molecule has 0 aromatic carbocycles. The standard InChI is InChI=1S/C11H14N2O/c12-7-10(8-13)11(14)6-9-4-2-1-3-5-9/h9-10H,1-6H2. The van der Waals surface area contributed by atoms with E-state index < -0.39 is 5.92 Å². The third kappa shape index (κ3) is 2.85. The first-order chi connectivity index (χ1) is 6.77. The molecule has 1 rings (SSSR count). The van der Waals surface area contributed by atoms with E-state index in [1.807, 2.05) is 0 Å². The number of nitriles is 2. The van der Waals surface area contributed by atoms with Gasteiger partial charge in [-0.05, 0) is 5.92 Å². The number of ketones is 1. The van der Waals surface area contributed by atoms with E-state index in [0.717, 1.165) is 12.8 Å². The highest BCUT2D eigenvalue weighted by atomic mass is 16.1. The first-order valence-corrected chi connectivity index (χ1v) is 5.10. The van der Waals surface area contributed by atoms with Crippen LogP contribution in [0.15, 0.2) is 0 Å². The molecule has 74 valence electrons. The molecule has 0 aromatic heterocycles. The largest absolute Gasteiger partial charge is 0.297 e. The lowest BCUT2D eigenvalue weighted by Gasteiger charge is -2.20. The van der Waals surface area contributed by atoms with Gasteiger partial charge in [0.05, 0.1) is 12.1 Å².